The third kappa shape index (κ3) is 3.99. The van der Waals surface area contributed by atoms with Crippen LogP contribution in [0.25, 0.3) is 0 Å². The van der Waals surface area contributed by atoms with Gasteiger partial charge in [-0.1, -0.05) is 18.2 Å². The molecule has 0 saturated heterocycles. The second-order valence-electron chi connectivity index (χ2n) is 3.68. The van der Waals surface area contributed by atoms with E-state index in [0.29, 0.717) is 18.9 Å². The number of halogens is 5. The lowest BCUT2D eigenvalue weighted by molar-refractivity contribution is -0.140. The Labute approximate surface area is 109 Å². The van der Waals surface area contributed by atoms with Crippen LogP contribution in [0.15, 0.2) is 30.9 Å². The van der Waals surface area contributed by atoms with Gasteiger partial charge in [-0.3, -0.25) is 0 Å². The molecule has 0 aliphatic carbocycles. The number of benzene rings is 1. The zero-order chi connectivity index (χ0) is 13.1. The first kappa shape index (κ1) is 16.9. The van der Waals surface area contributed by atoms with E-state index in [4.69, 9.17) is 5.73 Å². The number of alkyl halides is 3. The number of nitrogens with two attached hydrogens (primary N) is 1. The molecular formula is C12H14ClF4N. The molecule has 1 aromatic carbocycles. The zero-order valence-corrected chi connectivity index (χ0v) is 10.3. The number of hydrogen-bond acceptors (Lipinski definition) is 1. The fraction of sp³-hybridized carbons (Fsp3) is 0.333. The van der Waals surface area contributed by atoms with E-state index in [9.17, 15) is 17.6 Å². The first-order valence-electron chi connectivity index (χ1n) is 5.10. The van der Waals surface area contributed by atoms with E-state index in [2.05, 4.69) is 6.58 Å². The van der Waals surface area contributed by atoms with E-state index in [1.807, 2.05) is 0 Å². The minimum atomic E-state index is -4.70. The molecule has 1 nitrogen and oxygen atoms in total. The SMILES string of the molecule is C=CCC[C@H](N)c1cccc(C(F)(F)F)c1F.Cl. The largest absolute Gasteiger partial charge is 0.419 e. The van der Waals surface area contributed by atoms with Gasteiger partial charge in [0.1, 0.15) is 5.82 Å². The monoisotopic (exact) mass is 283 g/mol. The van der Waals surface area contributed by atoms with E-state index < -0.39 is 23.6 Å². The lowest BCUT2D eigenvalue weighted by Crippen LogP contribution is -2.16. The van der Waals surface area contributed by atoms with Crippen molar-refractivity contribution in [1.82, 2.24) is 0 Å². The second-order valence-corrected chi connectivity index (χ2v) is 3.68. The number of hydrogen-bond donors (Lipinski definition) is 1. The Bertz CT molecular complexity index is 404. The zero-order valence-electron chi connectivity index (χ0n) is 9.51. The van der Waals surface area contributed by atoms with Crippen LogP contribution in [0.2, 0.25) is 0 Å². The standard InChI is InChI=1S/C12H13F4N.ClH/c1-2-3-7-10(17)8-5-4-6-9(11(8)13)12(14,15)16;/h2,4-6,10H,1,3,7,17H2;1H/t10-;/m0./s1. The van der Waals surface area contributed by atoms with Crippen molar-refractivity contribution in [2.45, 2.75) is 25.1 Å². The van der Waals surface area contributed by atoms with Gasteiger partial charge in [0.05, 0.1) is 5.56 Å². The molecule has 0 bridgehead atoms. The van der Waals surface area contributed by atoms with Gasteiger partial charge >= 0.3 is 6.18 Å². The van der Waals surface area contributed by atoms with Crippen molar-refractivity contribution < 1.29 is 17.6 Å². The normalized spacial score (nSPS) is 12.7. The number of allylic oxidation sites excluding steroid dienone is 1. The molecule has 0 spiro atoms. The van der Waals surface area contributed by atoms with Crippen molar-refractivity contribution in [3.05, 3.63) is 47.8 Å². The molecule has 0 unspecified atom stereocenters. The van der Waals surface area contributed by atoms with E-state index >= 15 is 0 Å². The first-order valence-corrected chi connectivity index (χ1v) is 5.10. The molecular weight excluding hydrogens is 270 g/mol. The van der Waals surface area contributed by atoms with Gasteiger partial charge in [0.15, 0.2) is 0 Å². The van der Waals surface area contributed by atoms with Gasteiger partial charge in [0.2, 0.25) is 0 Å². The third-order valence-electron chi connectivity index (χ3n) is 2.42. The molecule has 0 aliphatic heterocycles. The van der Waals surface area contributed by atoms with Crippen LogP contribution in [0.5, 0.6) is 0 Å². The first-order chi connectivity index (χ1) is 7.88. The van der Waals surface area contributed by atoms with Crippen LogP contribution in [0.1, 0.15) is 30.0 Å². The smallest absolute Gasteiger partial charge is 0.324 e. The Morgan fingerprint density at radius 2 is 1.94 bits per heavy atom. The minimum absolute atomic E-state index is 0. The molecule has 0 saturated carbocycles. The molecule has 1 aromatic rings. The predicted octanol–water partition coefficient (Wildman–Crippen LogP) is 4.23. The lowest BCUT2D eigenvalue weighted by Gasteiger charge is -2.15. The summed E-state index contributed by atoms with van der Waals surface area (Å²) in [5.74, 6) is -1.28. The molecule has 18 heavy (non-hydrogen) atoms. The summed E-state index contributed by atoms with van der Waals surface area (Å²) >= 11 is 0. The summed E-state index contributed by atoms with van der Waals surface area (Å²) < 4.78 is 51.0. The van der Waals surface area contributed by atoms with Gasteiger partial charge in [-0.25, -0.2) is 4.39 Å². The molecule has 1 rings (SSSR count). The van der Waals surface area contributed by atoms with Gasteiger partial charge in [-0.05, 0) is 18.9 Å². The number of rotatable bonds is 4. The summed E-state index contributed by atoms with van der Waals surface area (Å²) in [5.41, 5.74) is 4.26. The maximum Gasteiger partial charge on any atom is 0.419 e. The Hall–Kier alpha value is -1.07. The summed E-state index contributed by atoms with van der Waals surface area (Å²) in [6.07, 6.45) is -2.22. The van der Waals surface area contributed by atoms with Gasteiger partial charge in [0, 0.05) is 11.6 Å². The average Bonchev–Trinajstić information content (AvgIpc) is 2.24. The molecule has 0 fully saturated rings. The van der Waals surface area contributed by atoms with Gasteiger partial charge < -0.3 is 5.73 Å². The minimum Gasteiger partial charge on any atom is -0.324 e. The Morgan fingerprint density at radius 1 is 1.33 bits per heavy atom. The molecule has 102 valence electrons. The molecule has 0 aliphatic rings. The van der Waals surface area contributed by atoms with Gasteiger partial charge in [-0.15, -0.1) is 19.0 Å². The maximum atomic E-state index is 13.6. The second kappa shape index (κ2) is 6.75. The predicted molar refractivity (Wildman–Crippen MR) is 65.0 cm³/mol. The van der Waals surface area contributed by atoms with Gasteiger partial charge in [0.25, 0.3) is 0 Å². The summed E-state index contributed by atoms with van der Waals surface area (Å²) in [6, 6.07) is 2.39. The topological polar surface area (TPSA) is 26.0 Å². The van der Waals surface area contributed by atoms with Crippen LogP contribution in [-0.4, -0.2) is 0 Å². The van der Waals surface area contributed by atoms with Crippen LogP contribution in [0, 0.1) is 5.82 Å². The average molecular weight is 284 g/mol. The summed E-state index contributed by atoms with van der Waals surface area (Å²) in [5, 5.41) is 0. The van der Waals surface area contributed by atoms with Crippen molar-refractivity contribution in [2.24, 2.45) is 5.73 Å². The highest BCUT2D eigenvalue weighted by atomic mass is 35.5. The molecule has 0 heterocycles. The summed E-state index contributed by atoms with van der Waals surface area (Å²) in [6.45, 7) is 3.48. The fourth-order valence-corrected chi connectivity index (χ4v) is 1.51. The van der Waals surface area contributed by atoms with Crippen LogP contribution < -0.4 is 5.73 Å². The quantitative estimate of drug-likeness (QED) is 0.649. The van der Waals surface area contributed by atoms with Crippen LogP contribution in [0.4, 0.5) is 17.6 Å². The van der Waals surface area contributed by atoms with E-state index in [1.54, 1.807) is 6.08 Å². The Balaban J connectivity index is 0.00000289. The van der Waals surface area contributed by atoms with Crippen molar-refractivity contribution in [3.8, 4) is 0 Å². The van der Waals surface area contributed by atoms with Crippen LogP contribution in [-0.2, 0) is 6.18 Å². The molecule has 2 N–H and O–H groups in total. The van der Waals surface area contributed by atoms with Crippen molar-refractivity contribution in [2.75, 3.05) is 0 Å². The van der Waals surface area contributed by atoms with E-state index in [-0.39, 0.29) is 18.0 Å². The molecule has 6 heteroatoms. The lowest BCUT2D eigenvalue weighted by atomic mass is 9.99. The highest BCUT2D eigenvalue weighted by molar-refractivity contribution is 5.85. The van der Waals surface area contributed by atoms with Crippen LogP contribution >= 0.6 is 12.4 Å². The molecule has 1 atom stereocenters. The van der Waals surface area contributed by atoms with Crippen molar-refractivity contribution in [3.63, 3.8) is 0 Å². The fourth-order valence-electron chi connectivity index (χ4n) is 1.51. The van der Waals surface area contributed by atoms with Crippen LogP contribution in [0.3, 0.4) is 0 Å². The van der Waals surface area contributed by atoms with E-state index in [1.165, 1.54) is 6.07 Å². The summed E-state index contributed by atoms with van der Waals surface area (Å²) in [7, 11) is 0. The molecule has 0 aromatic heterocycles. The van der Waals surface area contributed by atoms with Gasteiger partial charge in [-0.2, -0.15) is 13.2 Å². The van der Waals surface area contributed by atoms with Crippen molar-refractivity contribution >= 4 is 12.4 Å². The summed E-state index contributed by atoms with van der Waals surface area (Å²) in [4.78, 5) is 0. The Morgan fingerprint density at radius 3 is 2.44 bits per heavy atom. The third-order valence-corrected chi connectivity index (χ3v) is 2.42. The Kier molecular flexibility index (Phi) is 6.35. The maximum absolute atomic E-state index is 13.6. The van der Waals surface area contributed by atoms with Crippen molar-refractivity contribution in [1.29, 1.82) is 0 Å². The highest BCUT2D eigenvalue weighted by Crippen LogP contribution is 2.34. The van der Waals surface area contributed by atoms with E-state index in [0.717, 1.165) is 6.07 Å². The highest BCUT2D eigenvalue weighted by Gasteiger charge is 2.35. The molecule has 0 radical (unpaired) electrons. The molecule has 0 amide bonds.